The topological polar surface area (TPSA) is 155 Å². The number of fused-ring (bicyclic) bond motifs is 6. The third-order valence-electron chi connectivity index (χ3n) is 10.9. The van der Waals surface area contributed by atoms with Crippen LogP contribution in [0.5, 0.6) is 11.5 Å². The fourth-order valence-corrected chi connectivity index (χ4v) is 7.90. The second-order valence-electron chi connectivity index (χ2n) is 14.6. The zero-order valence-corrected chi connectivity index (χ0v) is 30.9. The molecule has 2 amide bonds. The number of hydrogen-bond donors (Lipinski definition) is 0. The molecule has 4 aliphatic heterocycles. The largest absolute Gasteiger partial charge is 0.470 e. The number of nitrogens with zero attached hydrogens (tertiary/aromatic N) is 8. The summed E-state index contributed by atoms with van der Waals surface area (Å²) in [6.45, 7) is 4.47. The highest BCUT2D eigenvalue weighted by Gasteiger charge is 2.39. The molecule has 6 heterocycles. The molecule has 296 valence electrons. The summed E-state index contributed by atoms with van der Waals surface area (Å²) < 4.78 is 68.3. The van der Waals surface area contributed by atoms with E-state index >= 15 is 0 Å². The lowest BCUT2D eigenvalue weighted by Gasteiger charge is -2.31. The summed E-state index contributed by atoms with van der Waals surface area (Å²) in [5.74, 6) is -2.58. The van der Waals surface area contributed by atoms with Crippen LogP contribution in [0.15, 0.2) is 70.3 Å². The molecule has 0 spiro atoms. The van der Waals surface area contributed by atoms with Crippen molar-refractivity contribution >= 4 is 33.6 Å². The number of rotatable bonds is 4. The highest BCUT2D eigenvalue weighted by molar-refractivity contribution is 6.02. The molecular formula is C40H32F4N8O6. The van der Waals surface area contributed by atoms with Crippen LogP contribution in [0.3, 0.4) is 0 Å². The molecule has 58 heavy (non-hydrogen) atoms. The molecule has 2 aromatic heterocycles. The molecule has 10 rings (SSSR count). The molecule has 4 aliphatic rings. The summed E-state index contributed by atoms with van der Waals surface area (Å²) in [5, 5.41) is 16.4. The van der Waals surface area contributed by atoms with Gasteiger partial charge in [0.1, 0.15) is 45.8 Å². The van der Waals surface area contributed by atoms with Gasteiger partial charge in [0, 0.05) is 38.1 Å². The molecule has 0 unspecified atom stereocenters. The lowest BCUT2D eigenvalue weighted by molar-refractivity contribution is 0.0287. The van der Waals surface area contributed by atoms with Crippen molar-refractivity contribution in [3.8, 4) is 11.5 Å². The van der Waals surface area contributed by atoms with E-state index in [1.54, 1.807) is 23.6 Å². The molecule has 0 aliphatic carbocycles. The van der Waals surface area contributed by atoms with E-state index in [0.717, 1.165) is 71.4 Å². The minimum absolute atomic E-state index is 0.148. The van der Waals surface area contributed by atoms with Crippen molar-refractivity contribution in [1.82, 2.24) is 39.8 Å². The lowest BCUT2D eigenvalue weighted by Crippen LogP contribution is -2.43. The summed E-state index contributed by atoms with van der Waals surface area (Å²) >= 11 is 0. The van der Waals surface area contributed by atoms with E-state index in [0.29, 0.717) is 35.7 Å². The van der Waals surface area contributed by atoms with Crippen molar-refractivity contribution in [2.45, 2.75) is 64.1 Å². The van der Waals surface area contributed by atoms with Gasteiger partial charge in [0.25, 0.3) is 22.9 Å². The van der Waals surface area contributed by atoms with Gasteiger partial charge >= 0.3 is 0 Å². The van der Waals surface area contributed by atoms with Crippen LogP contribution in [-0.2, 0) is 0 Å². The first kappa shape index (κ1) is 36.9. The second-order valence-corrected chi connectivity index (χ2v) is 14.6. The van der Waals surface area contributed by atoms with Crippen LogP contribution in [0.1, 0.15) is 83.5 Å². The van der Waals surface area contributed by atoms with Crippen molar-refractivity contribution in [3.05, 3.63) is 127 Å². The normalized spacial score (nSPS) is 19.1. The van der Waals surface area contributed by atoms with Crippen molar-refractivity contribution in [1.29, 1.82) is 0 Å². The SMILES string of the molecule is C[C@H](c1cc(F)cc(F)c1)n1nnc2cc3c(cc2c1=O)O[C@@H]1CCCN1C3=O.C[C@H](c1cc(F)cc(F)c1)n1nnc2cc3c(cc2c1=O)O[C@H]1CCCN1C3=O. The quantitative estimate of drug-likeness (QED) is 0.216. The Morgan fingerprint density at radius 3 is 1.33 bits per heavy atom. The number of carbonyl (C=O) groups excluding carboxylic acids is 2. The summed E-state index contributed by atoms with van der Waals surface area (Å²) in [5.41, 5.74) is 0.757. The number of aromatic nitrogens is 6. The number of ether oxygens (including phenoxy) is 2. The number of hydrogen-bond acceptors (Lipinski definition) is 10. The zero-order chi connectivity index (χ0) is 40.6. The van der Waals surface area contributed by atoms with Gasteiger partial charge in [0.15, 0.2) is 12.5 Å². The summed E-state index contributed by atoms with van der Waals surface area (Å²) in [6, 6.07) is 10.7. The first-order valence-corrected chi connectivity index (χ1v) is 18.6. The highest BCUT2D eigenvalue weighted by Crippen LogP contribution is 2.36. The third-order valence-corrected chi connectivity index (χ3v) is 10.9. The van der Waals surface area contributed by atoms with Crippen LogP contribution in [0.2, 0.25) is 0 Å². The minimum Gasteiger partial charge on any atom is -0.470 e. The maximum Gasteiger partial charge on any atom is 0.278 e. The van der Waals surface area contributed by atoms with E-state index in [4.69, 9.17) is 9.47 Å². The van der Waals surface area contributed by atoms with Gasteiger partial charge in [-0.2, -0.15) is 0 Å². The number of benzene rings is 4. The molecule has 6 aromatic rings. The van der Waals surface area contributed by atoms with Crippen LogP contribution in [0.4, 0.5) is 17.6 Å². The molecule has 0 radical (unpaired) electrons. The van der Waals surface area contributed by atoms with E-state index in [2.05, 4.69) is 20.6 Å². The molecule has 0 saturated carbocycles. The van der Waals surface area contributed by atoms with E-state index in [1.165, 1.54) is 24.3 Å². The van der Waals surface area contributed by atoms with Crippen molar-refractivity contribution in [2.24, 2.45) is 0 Å². The Kier molecular flexibility index (Phi) is 8.93. The molecule has 0 N–H and O–H groups in total. The van der Waals surface area contributed by atoms with E-state index in [1.807, 2.05) is 0 Å². The Morgan fingerprint density at radius 2 is 0.948 bits per heavy atom. The maximum atomic E-state index is 13.6. The molecule has 4 aromatic carbocycles. The Hall–Kier alpha value is -6.72. The molecule has 18 heteroatoms. The zero-order valence-electron chi connectivity index (χ0n) is 30.9. The summed E-state index contributed by atoms with van der Waals surface area (Å²) in [6.07, 6.45) is 2.56. The average Bonchev–Trinajstić information content (AvgIpc) is 3.87. The molecule has 0 bridgehead atoms. The maximum absolute atomic E-state index is 13.6. The summed E-state index contributed by atoms with van der Waals surface area (Å²) in [4.78, 5) is 54.8. The van der Waals surface area contributed by atoms with Crippen LogP contribution < -0.4 is 20.6 Å². The monoisotopic (exact) mass is 796 g/mol. The average molecular weight is 797 g/mol. The first-order chi connectivity index (χ1) is 27.8. The molecule has 4 atom stereocenters. The molecule has 14 nitrogen and oxygen atoms in total. The Bertz CT molecular complexity index is 2600. The minimum atomic E-state index is -0.742. The summed E-state index contributed by atoms with van der Waals surface area (Å²) in [7, 11) is 0. The predicted octanol–water partition coefficient (Wildman–Crippen LogP) is 5.27. The fourth-order valence-electron chi connectivity index (χ4n) is 7.90. The van der Waals surface area contributed by atoms with Crippen molar-refractivity contribution in [3.63, 3.8) is 0 Å². The predicted molar refractivity (Wildman–Crippen MR) is 197 cm³/mol. The number of halogens is 4. The smallest absolute Gasteiger partial charge is 0.278 e. The molecule has 2 fully saturated rings. The highest BCUT2D eigenvalue weighted by atomic mass is 19.1. The Balaban J connectivity index is 0.000000150. The molecule has 2 saturated heterocycles. The van der Waals surface area contributed by atoms with Crippen LogP contribution in [0.25, 0.3) is 21.8 Å². The van der Waals surface area contributed by atoms with E-state index in [-0.39, 0.29) is 57.2 Å². The van der Waals surface area contributed by atoms with Gasteiger partial charge in [-0.05, 0) is 86.3 Å². The lowest BCUT2D eigenvalue weighted by atomic mass is 10.1. The van der Waals surface area contributed by atoms with Crippen LogP contribution >= 0.6 is 0 Å². The van der Waals surface area contributed by atoms with Crippen LogP contribution in [0, 0.1) is 23.3 Å². The standard InChI is InChI=1S/2C20H16F2N4O3/c2*1-10(11-5-12(21)7-13(22)6-11)26-20(28)14-9-17-15(8-16(14)23-24-26)19(27)25-4-2-3-18(25)29-17/h2*5-10,18H,2-4H2,1H3/t10-,18+;10-,18-/m11/s1. The van der Waals surface area contributed by atoms with E-state index < -0.39 is 46.5 Å². The molecular weight excluding hydrogens is 764 g/mol. The fraction of sp³-hybridized carbons (Fsp3) is 0.300. The third kappa shape index (κ3) is 6.28. The van der Waals surface area contributed by atoms with Gasteiger partial charge in [0.2, 0.25) is 0 Å². The van der Waals surface area contributed by atoms with Crippen LogP contribution in [-0.4, -0.2) is 77.1 Å². The van der Waals surface area contributed by atoms with Gasteiger partial charge in [-0.3, -0.25) is 19.2 Å². The van der Waals surface area contributed by atoms with Crippen molar-refractivity contribution in [2.75, 3.05) is 13.1 Å². The van der Waals surface area contributed by atoms with Crippen molar-refractivity contribution < 1.29 is 36.6 Å². The second kappa shape index (κ2) is 14.0. The Morgan fingerprint density at radius 1 is 0.569 bits per heavy atom. The van der Waals surface area contributed by atoms with E-state index in [9.17, 15) is 36.7 Å². The van der Waals surface area contributed by atoms with Gasteiger partial charge in [-0.25, -0.2) is 26.9 Å². The number of amides is 2. The number of carbonyl (C=O) groups is 2. The van der Waals surface area contributed by atoms with Gasteiger partial charge in [-0.1, -0.05) is 10.4 Å². The van der Waals surface area contributed by atoms with Gasteiger partial charge < -0.3 is 19.3 Å². The first-order valence-electron chi connectivity index (χ1n) is 18.6. The van der Waals surface area contributed by atoms with Gasteiger partial charge in [0.05, 0.1) is 34.0 Å². The Labute approximate surface area is 325 Å². The van der Waals surface area contributed by atoms with Gasteiger partial charge in [-0.15, -0.1) is 10.2 Å².